The first-order chi connectivity index (χ1) is 8.42. The normalized spacial score (nSPS) is 18.7. The monoisotopic (exact) mass is 312 g/mol. The molecule has 0 saturated heterocycles. The maximum absolute atomic E-state index is 13.8. The molecule has 0 amide bonds. The van der Waals surface area contributed by atoms with Gasteiger partial charge in [0.1, 0.15) is 11.6 Å². The Kier molecular flexibility index (Phi) is 3.69. The zero-order chi connectivity index (χ0) is 13.3. The summed E-state index contributed by atoms with van der Waals surface area (Å²) in [6.45, 7) is 3.83. The van der Waals surface area contributed by atoms with E-state index >= 15 is 0 Å². The number of rotatable bonds is 2. The lowest BCUT2D eigenvalue weighted by Gasteiger charge is -2.33. The van der Waals surface area contributed by atoms with Gasteiger partial charge in [0.15, 0.2) is 0 Å². The van der Waals surface area contributed by atoms with Gasteiger partial charge in [0, 0.05) is 22.9 Å². The van der Waals surface area contributed by atoms with Gasteiger partial charge in [0.2, 0.25) is 0 Å². The third-order valence-electron chi connectivity index (χ3n) is 3.45. The number of carbonyl (C=O) groups excluding carboxylic acids is 1. The number of halogens is 2. The smallest absolute Gasteiger partial charge is 0.133 e. The molecule has 0 spiro atoms. The van der Waals surface area contributed by atoms with Crippen molar-refractivity contribution in [1.82, 2.24) is 0 Å². The van der Waals surface area contributed by atoms with Crippen molar-refractivity contribution >= 4 is 27.3 Å². The van der Waals surface area contributed by atoms with Crippen molar-refractivity contribution < 1.29 is 14.3 Å². The van der Waals surface area contributed by atoms with E-state index in [9.17, 15) is 14.3 Å². The Morgan fingerprint density at radius 1 is 1.39 bits per heavy atom. The minimum Gasteiger partial charge on any atom is -0.385 e. The Hall–Kier alpha value is -1.00. The van der Waals surface area contributed by atoms with Gasteiger partial charge in [-0.05, 0) is 36.6 Å². The highest BCUT2D eigenvalue weighted by Crippen LogP contribution is 2.38. The van der Waals surface area contributed by atoms with Crippen LogP contribution in [-0.4, -0.2) is 16.5 Å². The lowest BCUT2D eigenvalue weighted by molar-refractivity contribution is -0.123. The summed E-state index contributed by atoms with van der Waals surface area (Å²) in [6.07, 6.45) is 1.28. The molecule has 1 saturated carbocycles. The van der Waals surface area contributed by atoms with Crippen LogP contribution >= 0.6 is 15.9 Å². The number of carbonyl (C=O) groups is 1. The SMILES string of the molecule is C=C(c1cc(Br)ccc1F)C1(O)CCC(=O)CC1. The molecule has 1 N–H and O–H groups in total. The lowest BCUT2D eigenvalue weighted by atomic mass is 9.77. The number of benzene rings is 1. The molecule has 1 aromatic rings. The van der Waals surface area contributed by atoms with Gasteiger partial charge in [-0.25, -0.2) is 4.39 Å². The molecule has 0 heterocycles. The van der Waals surface area contributed by atoms with Gasteiger partial charge >= 0.3 is 0 Å². The van der Waals surface area contributed by atoms with Crippen LogP contribution < -0.4 is 0 Å². The molecule has 0 bridgehead atoms. The summed E-state index contributed by atoms with van der Waals surface area (Å²) in [4.78, 5) is 11.2. The maximum atomic E-state index is 13.8. The van der Waals surface area contributed by atoms with Crippen molar-refractivity contribution in [2.75, 3.05) is 0 Å². The molecule has 1 aliphatic carbocycles. The van der Waals surface area contributed by atoms with Crippen LogP contribution in [0.2, 0.25) is 0 Å². The minimum atomic E-state index is -1.17. The average Bonchev–Trinajstić information content (AvgIpc) is 2.35. The third kappa shape index (κ3) is 2.54. The van der Waals surface area contributed by atoms with E-state index in [-0.39, 0.29) is 5.78 Å². The van der Waals surface area contributed by atoms with Crippen molar-refractivity contribution in [1.29, 1.82) is 0 Å². The molecule has 1 aliphatic rings. The summed E-state index contributed by atoms with van der Waals surface area (Å²) in [5.41, 5.74) is -0.509. The van der Waals surface area contributed by atoms with Gasteiger partial charge in [-0.1, -0.05) is 22.5 Å². The van der Waals surface area contributed by atoms with Crippen molar-refractivity contribution in [3.05, 3.63) is 40.6 Å². The molecule has 0 aromatic heterocycles. The fourth-order valence-corrected chi connectivity index (χ4v) is 2.58. The Morgan fingerprint density at radius 2 is 2.00 bits per heavy atom. The van der Waals surface area contributed by atoms with Crippen LogP contribution in [0.3, 0.4) is 0 Å². The molecule has 2 rings (SSSR count). The Balaban J connectivity index is 2.30. The van der Waals surface area contributed by atoms with E-state index in [4.69, 9.17) is 0 Å². The Bertz CT molecular complexity index is 501. The first-order valence-corrected chi connectivity index (χ1v) is 6.60. The first kappa shape index (κ1) is 13.4. The van der Waals surface area contributed by atoms with Crippen LogP contribution in [0.15, 0.2) is 29.3 Å². The van der Waals surface area contributed by atoms with Crippen LogP contribution in [0, 0.1) is 5.82 Å². The van der Waals surface area contributed by atoms with Gasteiger partial charge < -0.3 is 5.11 Å². The Morgan fingerprint density at radius 3 is 2.61 bits per heavy atom. The second kappa shape index (κ2) is 4.94. The fraction of sp³-hybridized carbons (Fsp3) is 0.357. The number of hydrogen-bond donors (Lipinski definition) is 1. The zero-order valence-corrected chi connectivity index (χ0v) is 11.5. The molecule has 0 atom stereocenters. The number of ketones is 1. The van der Waals surface area contributed by atoms with Crippen LogP contribution in [0.4, 0.5) is 4.39 Å². The second-order valence-electron chi connectivity index (χ2n) is 4.67. The predicted octanol–water partition coefficient (Wildman–Crippen LogP) is 3.48. The van der Waals surface area contributed by atoms with E-state index in [1.807, 2.05) is 0 Å². The molecule has 0 unspecified atom stereocenters. The molecular weight excluding hydrogens is 299 g/mol. The van der Waals surface area contributed by atoms with Crippen LogP contribution in [0.5, 0.6) is 0 Å². The van der Waals surface area contributed by atoms with Gasteiger partial charge in [0.25, 0.3) is 0 Å². The quantitative estimate of drug-likeness (QED) is 0.908. The molecule has 0 aliphatic heterocycles. The summed E-state index contributed by atoms with van der Waals surface area (Å²) >= 11 is 3.27. The van der Waals surface area contributed by atoms with Crippen molar-refractivity contribution in [3.8, 4) is 0 Å². The topological polar surface area (TPSA) is 37.3 Å². The average molecular weight is 313 g/mol. The van der Waals surface area contributed by atoms with E-state index in [1.54, 1.807) is 12.1 Å². The number of Topliss-reactive ketones (excluding diaryl/α,β-unsaturated/α-hetero) is 1. The molecule has 4 heteroatoms. The number of hydrogen-bond acceptors (Lipinski definition) is 2. The van der Waals surface area contributed by atoms with E-state index in [0.717, 1.165) is 4.47 Å². The molecule has 1 fully saturated rings. The molecule has 1 aromatic carbocycles. The van der Waals surface area contributed by atoms with Gasteiger partial charge in [0.05, 0.1) is 5.60 Å². The van der Waals surface area contributed by atoms with E-state index < -0.39 is 11.4 Å². The third-order valence-corrected chi connectivity index (χ3v) is 3.94. The molecular formula is C14H14BrFO2. The summed E-state index contributed by atoms with van der Waals surface area (Å²) in [5, 5.41) is 10.5. The van der Waals surface area contributed by atoms with E-state index in [2.05, 4.69) is 22.5 Å². The second-order valence-corrected chi connectivity index (χ2v) is 5.59. The minimum absolute atomic E-state index is 0.141. The highest BCUT2D eigenvalue weighted by molar-refractivity contribution is 9.10. The first-order valence-electron chi connectivity index (χ1n) is 5.81. The highest BCUT2D eigenvalue weighted by Gasteiger charge is 2.36. The molecule has 0 radical (unpaired) electrons. The summed E-state index contributed by atoms with van der Waals surface area (Å²) in [5.74, 6) is -0.268. The van der Waals surface area contributed by atoms with Gasteiger partial charge in [-0.15, -0.1) is 0 Å². The fourth-order valence-electron chi connectivity index (χ4n) is 2.22. The Labute approximate surface area is 114 Å². The van der Waals surface area contributed by atoms with Crippen LogP contribution in [0.1, 0.15) is 31.2 Å². The summed E-state index contributed by atoms with van der Waals surface area (Å²) in [6, 6.07) is 4.54. The van der Waals surface area contributed by atoms with Crippen molar-refractivity contribution in [3.63, 3.8) is 0 Å². The lowest BCUT2D eigenvalue weighted by Crippen LogP contribution is -2.35. The van der Waals surface area contributed by atoms with Crippen LogP contribution in [0.25, 0.3) is 5.57 Å². The standard InChI is InChI=1S/C14H14BrFO2/c1-9(12-8-10(15)2-3-13(12)16)14(18)6-4-11(17)5-7-14/h2-3,8,18H,1,4-7H2. The largest absolute Gasteiger partial charge is 0.385 e. The molecule has 18 heavy (non-hydrogen) atoms. The van der Waals surface area contributed by atoms with Gasteiger partial charge in [-0.3, -0.25) is 4.79 Å². The maximum Gasteiger partial charge on any atom is 0.133 e. The van der Waals surface area contributed by atoms with Gasteiger partial charge in [-0.2, -0.15) is 0 Å². The molecule has 96 valence electrons. The van der Waals surface area contributed by atoms with Crippen LogP contribution in [-0.2, 0) is 4.79 Å². The summed E-state index contributed by atoms with van der Waals surface area (Å²) in [7, 11) is 0. The summed E-state index contributed by atoms with van der Waals surface area (Å²) < 4.78 is 14.5. The van der Waals surface area contributed by atoms with E-state index in [1.165, 1.54) is 6.07 Å². The molecule has 2 nitrogen and oxygen atoms in total. The van der Waals surface area contributed by atoms with Crippen molar-refractivity contribution in [2.24, 2.45) is 0 Å². The predicted molar refractivity (Wildman–Crippen MR) is 71.6 cm³/mol. The zero-order valence-electron chi connectivity index (χ0n) is 9.88. The highest BCUT2D eigenvalue weighted by atomic mass is 79.9. The van der Waals surface area contributed by atoms with Crippen molar-refractivity contribution in [2.45, 2.75) is 31.3 Å². The van der Waals surface area contributed by atoms with E-state index in [0.29, 0.717) is 36.8 Å². The number of aliphatic hydroxyl groups is 1.